The number of esters is 1. The van der Waals surface area contributed by atoms with Gasteiger partial charge in [-0.3, -0.25) is 0 Å². The molecule has 0 spiro atoms. The fourth-order valence-corrected chi connectivity index (χ4v) is 2.60. The van der Waals surface area contributed by atoms with Crippen LogP contribution in [0.15, 0.2) is 42.5 Å². The van der Waals surface area contributed by atoms with Crippen LogP contribution in [0.5, 0.6) is 5.75 Å². The third-order valence-corrected chi connectivity index (χ3v) is 4.10. The molecule has 0 radical (unpaired) electrons. The third kappa shape index (κ3) is 5.47. The normalized spacial score (nSPS) is 11.3. The molecule has 142 valence electrons. The first-order valence-electron chi connectivity index (χ1n) is 8.72. The van der Waals surface area contributed by atoms with E-state index in [1.807, 2.05) is 25.1 Å². The molecule has 0 amide bonds. The van der Waals surface area contributed by atoms with Crippen LogP contribution in [-0.4, -0.2) is 33.4 Å². The number of nitrogens with one attached hydrogen (secondary N) is 1. The highest BCUT2D eigenvalue weighted by atomic mass is 16.5. The van der Waals surface area contributed by atoms with Gasteiger partial charge in [-0.2, -0.15) is 5.26 Å². The Kier molecular flexibility index (Phi) is 7.65. The lowest BCUT2D eigenvalue weighted by atomic mass is 10.0. The number of hydrogen-bond acceptors (Lipinski definition) is 6. The molecule has 0 saturated carbocycles. The average Bonchev–Trinajstić information content (AvgIpc) is 2.72. The third-order valence-electron chi connectivity index (χ3n) is 4.10. The van der Waals surface area contributed by atoms with Gasteiger partial charge in [-0.15, -0.1) is 0 Å². The molecule has 0 aromatic heterocycles. The summed E-state index contributed by atoms with van der Waals surface area (Å²) in [7, 11) is 2.96. The molecule has 0 saturated heterocycles. The highest BCUT2D eigenvalue weighted by Crippen LogP contribution is 2.30. The first-order valence-corrected chi connectivity index (χ1v) is 8.72. The number of methoxy groups -OCH3 is 2. The Labute approximate surface area is 159 Å². The van der Waals surface area contributed by atoms with E-state index in [-0.39, 0.29) is 0 Å². The lowest BCUT2D eigenvalue weighted by Gasteiger charge is -2.22. The van der Waals surface area contributed by atoms with Crippen LogP contribution in [0.4, 0.5) is 5.69 Å². The maximum Gasteiger partial charge on any atom is 0.333 e. The molecule has 0 aliphatic rings. The molecule has 0 heterocycles. The highest BCUT2D eigenvalue weighted by molar-refractivity contribution is 5.82. The van der Waals surface area contributed by atoms with Crippen LogP contribution in [0.25, 0.3) is 0 Å². The van der Waals surface area contributed by atoms with Crippen LogP contribution in [0.2, 0.25) is 0 Å². The van der Waals surface area contributed by atoms with Crippen LogP contribution in [0.3, 0.4) is 0 Å². The van der Waals surface area contributed by atoms with Crippen LogP contribution in [0, 0.1) is 11.3 Å². The second kappa shape index (κ2) is 10.2. The van der Waals surface area contributed by atoms with Crippen molar-refractivity contribution in [2.75, 3.05) is 32.8 Å². The molecule has 0 bridgehead atoms. The highest BCUT2D eigenvalue weighted by Gasteiger charge is 2.25. The zero-order valence-corrected chi connectivity index (χ0v) is 15.8. The Bertz CT molecular complexity index is 797. The molecule has 6 nitrogen and oxygen atoms in total. The minimum Gasteiger partial charge on any atom is -0.491 e. The van der Waals surface area contributed by atoms with Gasteiger partial charge in [-0.25, -0.2) is 4.79 Å². The maximum atomic E-state index is 12.5. The first kappa shape index (κ1) is 20.3. The maximum absolute atomic E-state index is 12.5. The molecule has 1 unspecified atom stereocenters. The zero-order chi connectivity index (χ0) is 19.6. The van der Waals surface area contributed by atoms with Crippen molar-refractivity contribution in [3.63, 3.8) is 0 Å². The van der Waals surface area contributed by atoms with Crippen molar-refractivity contribution >= 4 is 11.7 Å². The summed E-state index contributed by atoms with van der Waals surface area (Å²) in [5, 5.41) is 12.1. The predicted molar refractivity (Wildman–Crippen MR) is 103 cm³/mol. The average molecular weight is 368 g/mol. The summed E-state index contributed by atoms with van der Waals surface area (Å²) in [6.45, 7) is 2.87. The molecule has 0 aliphatic carbocycles. The lowest BCUT2D eigenvalue weighted by molar-refractivity contribution is -0.141. The number of benzene rings is 2. The summed E-state index contributed by atoms with van der Waals surface area (Å²) in [6.07, 6.45) is 0.829. The second-order valence-electron chi connectivity index (χ2n) is 5.86. The van der Waals surface area contributed by atoms with Crippen molar-refractivity contribution < 1.29 is 19.0 Å². The second-order valence-corrected chi connectivity index (χ2v) is 5.86. The van der Waals surface area contributed by atoms with Gasteiger partial charge in [-0.05, 0) is 48.4 Å². The summed E-state index contributed by atoms with van der Waals surface area (Å²) in [5.74, 6) is 0.171. The van der Waals surface area contributed by atoms with Crippen molar-refractivity contribution in [1.29, 1.82) is 5.26 Å². The van der Waals surface area contributed by atoms with Crippen LogP contribution in [-0.2, 0) is 20.7 Å². The summed E-state index contributed by atoms with van der Waals surface area (Å²) < 4.78 is 15.9. The van der Waals surface area contributed by atoms with Crippen molar-refractivity contribution in [3.05, 3.63) is 59.2 Å². The van der Waals surface area contributed by atoms with E-state index in [2.05, 4.69) is 11.4 Å². The van der Waals surface area contributed by atoms with E-state index < -0.39 is 12.0 Å². The number of rotatable bonds is 9. The van der Waals surface area contributed by atoms with Crippen molar-refractivity contribution in [1.82, 2.24) is 0 Å². The van der Waals surface area contributed by atoms with Gasteiger partial charge < -0.3 is 19.5 Å². The summed E-state index contributed by atoms with van der Waals surface area (Å²) in [4.78, 5) is 12.5. The van der Waals surface area contributed by atoms with Crippen molar-refractivity contribution in [2.45, 2.75) is 19.4 Å². The molecule has 2 aromatic rings. The number of nitriles is 1. The van der Waals surface area contributed by atoms with Crippen LogP contribution in [0.1, 0.15) is 29.7 Å². The van der Waals surface area contributed by atoms with E-state index in [4.69, 9.17) is 19.5 Å². The SMILES string of the molecule is CCc1ccc(OCCOC)c(C(Nc2ccc(C#N)cc2)C(=O)OC)c1. The topological polar surface area (TPSA) is 80.6 Å². The number of hydrogen-bond donors (Lipinski definition) is 1. The van der Waals surface area contributed by atoms with Gasteiger partial charge >= 0.3 is 5.97 Å². The number of aryl methyl sites for hydroxylation is 1. The lowest BCUT2D eigenvalue weighted by Crippen LogP contribution is -2.23. The summed E-state index contributed by atoms with van der Waals surface area (Å²) in [6, 6.07) is 14.0. The van der Waals surface area contributed by atoms with Gasteiger partial charge in [0.1, 0.15) is 12.4 Å². The Balaban J connectivity index is 2.38. The number of anilines is 1. The quantitative estimate of drug-likeness (QED) is 0.539. The monoisotopic (exact) mass is 368 g/mol. The fraction of sp³-hybridized carbons (Fsp3) is 0.333. The Morgan fingerprint density at radius 2 is 1.89 bits per heavy atom. The van der Waals surface area contributed by atoms with Crippen molar-refractivity contribution in [3.8, 4) is 11.8 Å². The van der Waals surface area contributed by atoms with Gasteiger partial charge in [0.2, 0.25) is 0 Å². The Morgan fingerprint density at radius 3 is 2.48 bits per heavy atom. The summed E-state index contributed by atoms with van der Waals surface area (Å²) >= 11 is 0. The molecule has 0 aliphatic heterocycles. The van der Waals surface area contributed by atoms with E-state index in [0.717, 1.165) is 12.0 Å². The van der Waals surface area contributed by atoms with Gasteiger partial charge in [0.05, 0.1) is 25.3 Å². The zero-order valence-electron chi connectivity index (χ0n) is 15.8. The van der Waals surface area contributed by atoms with Gasteiger partial charge in [-0.1, -0.05) is 13.0 Å². The summed E-state index contributed by atoms with van der Waals surface area (Å²) in [5.41, 5.74) is 3.03. The molecule has 1 N–H and O–H groups in total. The Morgan fingerprint density at radius 1 is 1.15 bits per heavy atom. The molecule has 2 aromatic carbocycles. The minimum absolute atomic E-state index is 0.375. The van der Waals surface area contributed by atoms with E-state index in [1.54, 1.807) is 31.4 Å². The minimum atomic E-state index is -0.744. The van der Waals surface area contributed by atoms with Crippen LogP contribution < -0.4 is 10.1 Å². The molecule has 1 atom stereocenters. The fourth-order valence-electron chi connectivity index (χ4n) is 2.60. The molecular weight excluding hydrogens is 344 g/mol. The Hall–Kier alpha value is -3.04. The van der Waals surface area contributed by atoms with Gasteiger partial charge in [0, 0.05) is 18.4 Å². The van der Waals surface area contributed by atoms with E-state index >= 15 is 0 Å². The predicted octanol–water partition coefficient (Wildman–Crippen LogP) is 3.47. The molecule has 6 heteroatoms. The molecular formula is C21H24N2O4. The van der Waals surface area contributed by atoms with E-state index in [1.165, 1.54) is 7.11 Å². The standard InChI is InChI=1S/C21H24N2O4/c1-4-15-7-10-19(27-12-11-25-2)18(13-15)20(21(24)26-3)23-17-8-5-16(14-22)6-9-17/h5-10,13,20,23H,4,11-12H2,1-3H3. The van der Waals surface area contributed by atoms with Gasteiger partial charge in [0.15, 0.2) is 6.04 Å². The number of ether oxygens (including phenoxy) is 3. The smallest absolute Gasteiger partial charge is 0.333 e. The first-order chi connectivity index (χ1) is 13.1. The number of carbonyl (C=O) groups is 1. The molecule has 0 fully saturated rings. The van der Waals surface area contributed by atoms with E-state index in [0.29, 0.717) is 35.8 Å². The largest absolute Gasteiger partial charge is 0.491 e. The molecule has 2 rings (SSSR count). The van der Waals surface area contributed by atoms with Crippen molar-refractivity contribution in [2.24, 2.45) is 0 Å². The molecule has 27 heavy (non-hydrogen) atoms. The van der Waals surface area contributed by atoms with E-state index in [9.17, 15) is 4.79 Å². The van der Waals surface area contributed by atoms with Crippen LogP contribution >= 0.6 is 0 Å². The van der Waals surface area contributed by atoms with Gasteiger partial charge in [0.25, 0.3) is 0 Å². The number of nitrogens with zero attached hydrogens (tertiary/aromatic N) is 1. The number of carbonyl (C=O) groups excluding carboxylic acids is 1.